The Morgan fingerprint density at radius 2 is 2.00 bits per heavy atom. The average molecular weight is 256 g/mol. The van der Waals surface area contributed by atoms with Crippen molar-refractivity contribution >= 4 is 5.82 Å². The summed E-state index contributed by atoms with van der Waals surface area (Å²) in [6, 6.07) is 12.4. The molecule has 2 rings (SSSR count). The van der Waals surface area contributed by atoms with Gasteiger partial charge in [-0.25, -0.2) is 9.97 Å². The van der Waals surface area contributed by atoms with Crippen LogP contribution in [0.25, 0.3) is 0 Å². The lowest BCUT2D eigenvalue weighted by Gasteiger charge is -2.16. The molecule has 0 fully saturated rings. The minimum atomic E-state index is 0.890. The van der Waals surface area contributed by atoms with E-state index in [1.54, 1.807) is 12.5 Å². The predicted octanol–water partition coefficient (Wildman–Crippen LogP) is 2.41. The Balaban J connectivity index is 1.63. The Morgan fingerprint density at radius 1 is 1.16 bits per heavy atom. The number of anilines is 1. The summed E-state index contributed by atoms with van der Waals surface area (Å²) in [6.07, 6.45) is 4.40. The van der Waals surface area contributed by atoms with Gasteiger partial charge in [-0.15, -0.1) is 0 Å². The minimum Gasteiger partial charge on any atom is -0.370 e. The zero-order chi connectivity index (χ0) is 13.3. The van der Waals surface area contributed by atoms with Gasteiger partial charge in [0.25, 0.3) is 0 Å². The van der Waals surface area contributed by atoms with E-state index in [2.05, 4.69) is 57.6 Å². The topological polar surface area (TPSA) is 41.0 Å². The predicted molar refractivity (Wildman–Crippen MR) is 77.9 cm³/mol. The molecular weight excluding hydrogens is 236 g/mol. The molecule has 0 atom stereocenters. The molecule has 1 N–H and O–H groups in total. The second kappa shape index (κ2) is 7.48. The number of benzene rings is 1. The molecule has 1 aromatic heterocycles. The zero-order valence-corrected chi connectivity index (χ0v) is 11.3. The van der Waals surface area contributed by atoms with Gasteiger partial charge >= 0.3 is 0 Å². The van der Waals surface area contributed by atoms with E-state index < -0.39 is 0 Å². The molecule has 2 aromatic rings. The van der Waals surface area contributed by atoms with Crippen LogP contribution in [-0.4, -0.2) is 35.0 Å². The van der Waals surface area contributed by atoms with Gasteiger partial charge in [0.1, 0.15) is 12.1 Å². The number of hydrogen-bond donors (Lipinski definition) is 1. The fraction of sp³-hybridized carbons (Fsp3) is 0.333. The first-order chi connectivity index (χ1) is 9.34. The molecule has 0 spiro atoms. The van der Waals surface area contributed by atoms with E-state index in [0.29, 0.717) is 0 Å². The Labute approximate surface area is 114 Å². The second-order valence-electron chi connectivity index (χ2n) is 4.60. The van der Waals surface area contributed by atoms with Gasteiger partial charge in [-0.05, 0) is 31.6 Å². The maximum Gasteiger partial charge on any atom is 0.129 e. The van der Waals surface area contributed by atoms with Gasteiger partial charge in [0.15, 0.2) is 0 Å². The fourth-order valence-electron chi connectivity index (χ4n) is 1.93. The highest BCUT2D eigenvalue weighted by Crippen LogP contribution is 2.03. The van der Waals surface area contributed by atoms with Crippen molar-refractivity contribution in [3.63, 3.8) is 0 Å². The third-order valence-corrected chi connectivity index (χ3v) is 2.90. The van der Waals surface area contributed by atoms with E-state index in [1.807, 2.05) is 6.07 Å². The van der Waals surface area contributed by atoms with Crippen LogP contribution < -0.4 is 5.32 Å². The molecule has 4 nitrogen and oxygen atoms in total. The highest BCUT2D eigenvalue weighted by Gasteiger charge is 1.99. The van der Waals surface area contributed by atoms with Crippen molar-refractivity contribution in [1.29, 1.82) is 0 Å². The normalized spacial score (nSPS) is 10.6. The summed E-state index contributed by atoms with van der Waals surface area (Å²) in [5, 5.41) is 3.29. The van der Waals surface area contributed by atoms with Crippen LogP contribution in [0.4, 0.5) is 5.82 Å². The Kier molecular flexibility index (Phi) is 5.31. The summed E-state index contributed by atoms with van der Waals surface area (Å²) in [5.74, 6) is 0.890. The summed E-state index contributed by atoms with van der Waals surface area (Å²) in [6.45, 7) is 2.98. The van der Waals surface area contributed by atoms with Crippen LogP contribution in [0.5, 0.6) is 0 Å². The van der Waals surface area contributed by atoms with E-state index >= 15 is 0 Å². The Morgan fingerprint density at radius 3 is 2.74 bits per heavy atom. The van der Waals surface area contributed by atoms with Crippen molar-refractivity contribution in [3.05, 3.63) is 54.5 Å². The molecule has 0 bridgehead atoms. The largest absolute Gasteiger partial charge is 0.370 e. The van der Waals surface area contributed by atoms with E-state index in [-0.39, 0.29) is 0 Å². The van der Waals surface area contributed by atoms with Crippen LogP contribution in [-0.2, 0) is 6.54 Å². The van der Waals surface area contributed by atoms with Crippen LogP contribution in [0.2, 0.25) is 0 Å². The number of rotatable bonds is 7. The van der Waals surface area contributed by atoms with Crippen molar-refractivity contribution in [2.75, 3.05) is 25.5 Å². The van der Waals surface area contributed by atoms with Gasteiger partial charge in [0.05, 0.1) is 0 Å². The lowest BCUT2D eigenvalue weighted by atomic mass is 10.2. The Bertz CT molecular complexity index is 458. The van der Waals surface area contributed by atoms with Crippen molar-refractivity contribution in [2.24, 2.45) is 0 Å². The summed E-state index contributed by atoms with van der Waals surface area (Å²) in [7, 11) is 2.15. The van der Waals surface area contributed by atoms with Gasteiger partial charge in [-0.2, -0.15) is 0 Å². The molecule has 100 valence electrons. The van der Waals surface area contributed by atoms with Crippen molar-refractivity contribution in [1.82, 2.24) is 14.9 Å². The zero-order valence-electron chi connectivity index (χ0n) is 11.3. The van der Waals surface area contributed by atoms with E-state index in [1.165, 1.54) is 5.56 Å². The summed E-state index contributed by atoms with van der Waals surface area (Å²) < 4.78 is 0. The van der Waals surface area contributed by atoms with E-state index in [4.69, 9.17) is 0 Å². The lowest BCUT2D eigenvalue weighted by Crippen LogP contribution is -2.21. The molecule has 0 aliphatic rings. The highest BCUT2D eigenvalue weighted by atomic mass is 15.1. The SMILES string of the molecule is CN(CCCNc1ccncn1)Cc1ccccc1. The number of aromatic nitrogens is 2. The molecule has 1 heterocycles. The minimum absolute atomic E-state index is 0.890. The number of hydrogen-bond acceptors (Lipinski definition) is 4. The molecule has 0 radical (unpaired) electrons. The first kappa shape index (κ1) is 13.5. The smallest absolute Gasteiger partial charge is 0.129 e. The number of nitrogens with one attached hydrogen (secondary N) is 1. The van der Waals surface area contributed by atoms with Crippen LogP contribution in [0.3, 0.4) is 0 Å². The quantitative estimate of drug-likeness (QED) is 0.772. The maximum atomic E-state index is 4.13. The molecule has 19 heavy (non-hydrogen) atoms. The second-order valence-corrected chi connectivity index (χ2v) is 4.60. The van der Waals surface area contributed by atoms with Crippen molar-refractivity contribution < 1.29 is 0 Å². The van der Waals surface area contributed by atoms with Crippen molar-refractivity contribution in [2.45, 2.75) is 13.0 Å². The molecule has 0 saturated carbocycles. The van der Waals surface area contributed by atoms with Gasteiger partial charge < -0.3 is 10.2 Å². The lowest BCUT2D eigenvalue weighted by molar-refractivity contribution is 0.325. The molecule has 1 aromatic carbocycles. The van der Waals surface area contributed by atoms with Gasteiger partial charge in [-0.1, -0.05) is 30.3 Å². The molecule has 0 aliphatic heterocycles. The van der Waals surface area contributed by atoms with E-state index in [9.17, 15) is 0 Å². The maximum absolute atomic E-state index is 4.13. The summed E-state index contributed by atoms with van der Waals surface area (Å²) >= 11 is 0. The molecule has 4 heteroatoms. The van der Waals surface area contributed by atoms with Crippen LogP contribution in [0, 0.1) is 0 Å². The summed E-state index contributed by atoms with van der Waals surface area (Å²) in [5.41, 5.74) is 1.36. The van der Waals surface area contributed by atoms with Gasteiger partial charge in [0.2, 0.25) is 0 Å². The third kappa shape index (κ3) is 5.06. The van der Waals surface area contributed by atoms with E-state index in [0.717, 1.165) is 31.9 Å². The van der Waals surface area contributed by atoms with Crippen LogP contribution >= 0.6 is 0 Å². The average Bonchev–Trinajstić information content (AvgIpc) is 2.46. The summed E-state index contributed by atoms with van der Waals surface area (Å²) in [4.78, 5) is 10.3. The first-order valence-electron chi connectivity index (χ1n) is 6.57. The van der Waals surface area contributed by atoms with Gasteiger partial charge in [0, 0.05) is 19.3 Å². The third-order valence-electron chi connectivity index (χ3n) is 2.90. The van der Waals surface area contributed by atoms with Crippen molar-refractivity contribution in [3.8, 4) is 0 Å². The van der Waals surface area contributed by atoms with Gasteiger partial charge in [-0.3, -0.25) is 0 Å². The standard InChI is InChI=1S/C15H20N4/c1-19(12-14-6-3-2-4-7-14)11-5-9-17-15-8-10-16-13-18-15/h2-4,6-8,10,13H,5,9,11-12H2,1H3,(H,16,17,18). The molecule has 0 saturated heterocycles. The highest BCUT2D eigenvalue weighted by molar-refractivity contribution is 5.31. The number of nitrogens with zero attached hydrogens (tertiary/aromatic N) is 3. The molecule has 0 unspecified atom stereocenters. The van der Waals surface area contributed by atoms with Crippen LogP contribution in [0.1, 0.15) is 12.0 Å². The molecule has 0 amide bonds. The Hall–Kier alpha value is -1.94. The fourth-order valence-corrected chi connectivity index (χ4v) is 1.93. The monoisotopic (exact) mass is 256 g/mol. The first-order valence-corrected chi connectivity index (χ1v) is 6.57. The molecule has 0 aliphatic carbocycles. The molecular formula is C15H20N4. The van der Waals surface area contributed by atoms with Crippen LogP contribution in [0.15, 0.2) is 48.9 Å².